The fourth-order valence-corrected chi connectivity index (χ4v) is 4.05. The van der Waals surface area contributed by atoms with Crippen LogP contribution in [-0.2, 0) is 15.1 Å². The third-order valence-electron chi connectivity index (χ3n) is 5.60. The van der Waals surface area contributed by atoms with Crippen LogP contribution in [-0.4, -0.2) is 30.1 Å². The standard InChI is InChI=1S/C23H26F2N2O4/c1-2-19(16-8-10-18(11-9-16)30-21(24)25)27-15-14-23(31-22(27)29,13-12-20(26)28)17-6-4-3-5-7-17/h3-11,19,21H,2,12-15H2,1H3,(H2,26,28)/t19?,23-/m1/s1. The largest absolute Gasteiger partial charge is 0.438 e. The number of ether oxygens (including phenoxy) is 2. The number of halogens is 2. The highest BCUT2D eigenvalue weighted by atomic mass is 19.3. The van der Waals surface area contributed by atoms with Crippen molar-refractivity contribution in [1.29, 1.82) is 0 Å². The fraction of sp³-hybridized carbons (Fsp3) is 0.391. The van der Waals surface area contributed by atoms with Crippen molar-refractivity contribution in [3.63, 3.8) is 0 Å². The zero-order valence-electron chi connectivity index (χ0n) is 17.3. The van der Waals surface area contributed by atoms with Gasteiger partial charge in [0.2, 0.25) is 5.91 Å². The van der Waals surface area contributed by atoms with Crippen molar-refractivity contribution in [2.45, 2.75) is 50.9 Å². The van der Waals surface area contributed by atoms with E-state index in [-0.39, 0.29) is 18.2 Å². The number of nitrogens with two attached hydrogens (primary N) is 1. The fourth-order valence-electron chi connectivity index (χ4n) is 4.05. The van der Waals surface area contributed by atoms with Crippen LogP contribution in [0.4, 0.5) is 13.6 Å². The van der Waals surface area contributed by atoms with Gasteiger partial charge in [0, 0.05) is 25.8 Å². The van der Waals surface area contributed by atoms with Gasteiger partial charge >= 0.3 is 12.7 Å². The Labute approximate surface area is 179 Å². The van der Waals surface area contributed by atoms with E-state index in [9.17, 15) is 18.4 Å². The zero-order chi connectivity index (χ0) is 22.4. The molecule has 2 aromatic carbocycles. The second-order valence-electron chi connectivity index (χ2n) is 7.51. The maximum Gasteiger partial charge on any atom is 0.411 e. The predicted octanol–water partition coefficient (Wildman–Crippen LogP) is 4.74. The monoisotopic (exact) mass is 432 g/mol. The molecule has 1 fully saturated rings. The van der Waals surface area contributed by atoms with E-state index in [1.165, 1.54) is 12.1 Å². The molecule has 6 nitrogen and oxygen atoms in total. The van der Waals surface area contributed by atoms with Gasteiger partial charge in [-0.15, -0.1) is 0 Å². The molecule has 2 N–H and O–H groups in total. The lowest BCUT2D eigenvalue weighted by molar-refractivity contribution is -0.121. The van der Waals surface area contributed by atoms with Crippen molar-refractivity contribution in [1.82, 2.24) is 4.90 Å². The Kier molecular flexibility index (Phi) is 7.09. The number of carbonyl (C=O) groups excluding carboxylic acids is 2. The first-order valence-corrected chi connectivity index (χ1v) is 10.2. The lowest BCUT2D eigenvalue weighted by Gasteiger charge is -2.44. The molecule has 2 amide bonds. The van der Waals surface area contributed by atoms with Crippen molar-refractivity contribution in [3.8, 4) is 5.75 Å². The van der Waals surface area contributed by atoms with E-state index in [4.69, 9.17) is 10.5 Å². The van der Waals surface area contributed by atoms with E-state index in [1.807, 2.05) is 37.3 Å². The van der Waals surface area contributed by atoms with Gasteiger partial charge in [-0.3, -0.25) is 4.79 Å². The molecule has 1 aliphatic rings. The molecule has 1 heterocycles. The van der Waals surface area contributed by atoms with Gasteiger partial charge in [-0.05, 0) is 29.7 Å². The zero-order valence-corrected chi connectivity index (χ0v) is 17.3. The van der Waals surface area contributed by atoms with Gasteiger partial charge in [0.05, 0.1) is 6.04 Å². The lowest BCUT2D eigenvalue weighted by Crippen LogP contribution is -2.49. The summed E-state index contributed by atoms with van der Waals surface area (Å²) in [7, 11) is 0. The number of rotatable bonds is 9. The normalized spacial score (nSPS) is 19.7. The van der Waals surface area contributed by atoms with Crippen LogP contribution in [0.5, 0.6) is 5.75 Å². The van der Waals surface area contributed by atoms with Crippen LogP contribution in [0.1, 0.15) is 49.8 Å². The van der Waals surface area contributed by atoms with Gasteiger partial charge in [0.15, 0.2) is 0 Å². The third-order valence-corrected chi connectivity index (χ3v) is 5.60. The highest BCUT2D eigenvalue weighted by Crippen LogP contribution is 2.41. The van der Waals surface area contributed by atoms with Crippen molar-refractivity contribution in [3.05, 3.63) is 65.7 Å². The van der Waals surface area contributed by atoms with Gasteiger partial charge in [-0.25, -0.2) is 4.79 Å². The van der Waals surface area contributed by atoms with Gasteiger partial charge in [-0.1, -0.05) is 49.4 Å². The molecule has 0 radical (unpaired) electrons. The summed E-state index contributed by atoms with van der Waals surface area (Å²) < 4.78 is 35.1. The molecule has 0 aliphatic carbocycles. The summed E-state index contributed by atoms with van der Waals surface area (Å²) in [6, 6.07) is 15.3. The number of benzene rings is 2. The molecular weight excluding hydrogens is 406 g/mol. The van der Waals surface area contributed by atoms with Crippen molar-refractivity contribution >= 4 is 12.0 Å². The third kappa shape index (κ3) is 5.31. The number of nitrogens with zero attached hydrogens (tertiary/aromatic N) is 1. The van der Waals surface area contributed by atoms with E-state index in [0.717, 1.165) is 11.1 Å². The van der Waals surface area contributed by atoms with Crippen LogP contribution in [0.15, 0.2) is 54.6 Å². The minimum absolute atomic E-state index is 0.0596. The molecule has 1 aliphatic heterocycles. The topological polar surface area (TPSA) is 81.9 Å². The highest BCUT2D eigenvalue weighted by Gasteiger charge is 2.43. The Morgan fingerprint density at radius 1 is 1.19 bits per heavy atom. The van der Waals surface area contributed by atoms with Gasteiger partial charge < -0.3 is 20.1 Å². The van der Waals surface area contributed by atoms with E-state index in [1.54, 1.807) is 17.0 Å². The van der Waals surface area contributed by atoms with Crippen molar-refractivity contribution in [2.24, 2.45) is 5.73 Å². The molecule has 31 heavy (non-hydrogen) atoms. The quantitative estimate of drug-likeness (QED) is 0.620. The molecule has 3 rings (SSSR count). The maximum atomic E-state index is 13.1. The van der Waals surface area contributed by atoms with E-state index < -0.39 is 24.2 Å². The van der Waals surface area contributed by atoms with Crippen molar-refractivity contribution < 1.29 is 27.8 Å². The number of carbonyl (C=O) groups is 2. The first-order valence-electron chi connectivity index (χ1n) is 10.2. The maximum absolute atomic E-state index is 13.1. The first kappa shape index (κ1) is 22.5. The number of alkyl halides is 2. The Hall–Kier alpha value is -3.16. The van der Waals surface area contributed by atoms with Crippen LogP contribution in [0.3, 0.4) is 0 Å². The minimum atomic E-state index is -2.89. The van der Waals surface area contributed by atoms with Gasteiger partial charge in [-0.2, -0.15) is 8.78 Å². The van der Waals surface area contributed by atoms with E-state index in [2.05, 4.69) is 4.74 Å². The Balaban J connectivity index is 1.80. The van der Waals surface area contributed by atoms with Crippen LogP contribution in [0.25, 0.3) is 0 Å². The molecule has 166 valence electrons. The Bertz CT molecular complexity index is 892. The molecule has 8 heteroatoms. The SMILES string of the molecule is CCC(c1ccc(OC(F)F)cc1)N1CC[C@](CCC(N)=O)(c2ccccc2)OC1=O. The molecule has 2 aromatic rings. The van der Waals surface area contributed by atoms with Crippen molar-refractivity contribution in [2.75, 3.05) is 6.54 Å². The summed E-state index contributed by atoms with van der Waals surface area (Å²) in [6.45, 7) is -0.537. The summed E-state index contributed by atoms with van der Waals surface area (Å²) in [5.41, 5.74) is 6.05. The smallest absolute Gasteiger partial charge is 0.411 e. The van der Waals surface area contributed by atoms with Crippen LogP contribution in [0.2, 0.25) is 0 Å². The van der Waals surface area contributed by atoms with Gasteiger partial charge in [0.25, 0.3) is 0 Å². The average molecular weight is 432 g/mol. The lowest BCUT2D eigenvalue weighted by atomic mass is 9.84. The Morgan fingerprint density at radius 2 is 1.87 bits per heavy atom. The van der Waals surface area contributed by atoms with Crippen LogP contribution in [0, 0.1) is 0 Å². The second kappa shape index (κ2) is 9.76. The first-order chi connectivity index (χ1) is 14.8. The number of hydrogen-bond donors (Lipinski definition) is 1. The predicted molar refractivity (Wildman–Crippen MR) is 110 cm³/mol. The summed E-state index contributed by atoms with van der Waals surface area (Å²) in [4.78, 5) is 26.1. The van der Waals surface area contributed by atoms with Crippen LogP contribution >= 0.6 is 0 Å². The molecule has 1 saturated heterocycles. The summed E-state index contributed by atoms with van der Waals surface area (Å²) in [5.74, 6) is -0.393. The number of cyclic esters (lactones) is 1. The second-order valence-corrected chi connectivity index (χ2v) is 7.51. The number of primary amides is 1. The van der Waals surface area contributed by atoms with Crippen LogP contribution < -0.4 is 10.5 Å². The summed E-state index contributed by atoms with van der Waals surface area (Å²) in [5, 5.41) is 0. The van der Waals surface area contributed by atoms with E-state index >= 15 is 0 Å². The van der Waals surface area contributed by atoms with E-state index in [0.29, 0.717) is 25.8 Å². The molecule has 0 spiro atoms. The number of hydrogen-bond acceptors (Lipinski definition) is 4. The molecule has 1 unspecified atom stereocenters. The molecule has 0 bridgehead atoms. The Morgan fingerprint density at radius 3 is 2.42 bits per heavy atom. The molecule has 0 aromatic heterocycles. The summed E-state index contributed by atoms with van der Waals surface area (Å²) >= 11 is 0. The molecule has 2 atom stereocenters. The summed E-state index contributed by atoms with van der Waals surface area (Å²) in [6.07, 6.45) is 1.04. The van der Waals surface area contributed by atoms with Gasteiger partial charge in [0.1, 0.15) is 11.4 Å². The minimum Gasteiger partial charge on any atom is -0.438 e. The number of amides is 2. The molecule has 0 saturated carbocycles. The highest BCUT2D eigenvalue weighted by molar-refractivity contribution is 5.74. The average Bonchev–Trinajstić information content (AvgIpc) is 2.75. The molecular formula is C23H26F2N2O4.